The highest BCUT2D eigenvalue weighted by atomic mass is 16.4. The fourth-order valence-electron chi connectivity index (χ4n) is 0.761. The van der Waals surface area contributed by atoms with Crippen LogP contribution in [0.15, 0.2) is 0 Å². The average molecular weight is 177 g/mol. The van der Waals surface area contributed by atoms with Crippen molar-refractivity contribution in [3.63, 3.8) is 0 Å². The second-order valence-electron chi connectivity index (χ2n) is 2.36. The summed E-state index contributed by atoms with van der Waals surface area (Å²) in [5.74, 6) is -0.896. The van der Waals surface area contributed by atoms with Gasteiger partial charge in [-0.25, -0.2) is 0 Å². The highest BCUT2D eigenvalue weighted by Gasteiger charge is 2.14. The van der Waals surface area contributed by atoms with Gasteiger partial charge >= 0.3 is 5.97 Å². The van der Waals surface area contributed by atoms with Crippen LogP contribution in [0.4, 0.5) is 0 Å². The zero-order valence-corrected chi connectivity index (χ0v) is 6.71. The third-order valence-corrected chi connectivity index (χ3v) is 1.36. The van der Waals surface area contributed by atoms with Crippen LogP contribution in [0.1, 0.15) is 27.2 Å². The minimum Gasteiger partial charge on any atom is -0.480 e. The number of carboxylic acid groups (broad SMARTS) is 1. The van der Waals surface area contributed by atoms with Crippen LogP contribution in [-0.2, 0) is 4.79 Å². The molecule has 4 heteroatoms. The Balaban J connectivity index is 0. The van der Waals surface area contributed by atoms with Gasteiger partial charge in [0.25, 0.3) is 0 Å². The maximum atomic E-state index is 10.4. The van der Waals surface area contributed by atoms with E-state index in [1.807, 2.05) is 6.92 Å². The molecule has 0 saturated carbocycles. The van der Waals surface area contributed by atoms with E-state index >= 15 is 0 Å². The number of hydrogen-bond donors (Lipinski definition) is 3. The third-order valence-electron chi connectivity index (χ3n) is 1.36. The van der Waals surface area contributed by atoms with Crippen LogP contribution in [0, 0.1) is 0 Å². The van der Waals surface area contributed by atoms with Crippen molar-refractivity contribution in [2.45, 2.75) is 33.2 Å². The Hall–Kier alpha value is -0.610. The summed E-state index contributed by atoms with van der Waals surface area (Å²) in [6.45, 7) is 2.55. The van der Waals surface area contributed by atoms with E-state index in [-0.39, 0.29) is 20.5 Å². The lowest BCUT2D eigenvalue weighted by atomic mass is 10.2. The zero-order valence-electron chi connectivity index (χ0n) is 6.71. The number of hydrogen-bond acceptors (Lipinski definition) is 3. The molecular formula is C8H19NO3. The molecule has 0 heterocycles. The molecule has 0 aliphatic rings. The highest BCUT2D eigenvalue weighted by Crippen LogP contribution is 1.90. The maximum absolute atomic E-state index is 10.4. The summed E-state index contributed by atoms with van der Waals surface area (Å²) in [4.78, 5) is 10.4. The first-order valence-electron chi connectivity index (χ1n) is 3.79. The van der Waals surface area contributed by atoms with Gasteiger partial charge in [0.05, 0.1) is 0 Å². The number of aliphatic hydroxyl groups is 1. The van der Waals surface area contributed by atoms with Gasteiger partial charge in [-0.15, -0.1) is 0 Å². The third kappa shape index (κ3) is 6.12. The molecule has 0 radical (unpaired) electrons. The van der Waals surface area contributed by atoms with E-state index in [9.17, 15) is 4.79 Å². The maximum Gasteiger partial charge on any atom is 0.320 e. The largest absolute Gasteiger partial charge is 0.480 e. The van der Waals surface area contributed by atoms with E-state index in [1.54, 1.807) is 0 Å². The van der Waals surface area contributed by atoms with Crippen molar-refractivity contribution in [3.05, 3.63) is 0 Å². The summed E-state index contributed by atoms with van der Waals surface area (Å²) in [6, 6.07) is -0.597. The van der Waals surface area contributed by atoms with Crippen LogP contribution in [-0.4, -0.2) is 35.4 Å². The summed E-state index contributed by atoms with van der Waals surface area (Å²) in [7, 11) is 0. The van der Waals surface area contributed by atoms with Gasteiger partial charge in [-0.05, 0) is 19.4 Å². The number of carboxylic acids is 1. The molecule has 0 aromatic heterocycles. The van der Waals surface area contributed by atoms with Gasteiger partial charge in [-0.1, -0.05) is 14.4 Å². The number of aliphatic carboxylic acids is 1. The second-order valence-corrected chi connectivity index (χ2v) is 2.36. The SMILES string of the molecule is C.CCCN[C@@H](CCO)C(=O)O. The lowest BCUT2D eigenvalue weighted by Gasteiger charge is -2.11. The Morgan fingerprint density at radius 3 is 2.50 bits per heavy atom. The predicted molar refractivity (Wildman–Crippen MR) is 48.2 cm³/mol. The normalized spacial score (nSPS) is 11.8. The van der Waals surface area contributed by atoms with Crippen molar-refractivity contribution >= 4 is 5.97 Å². The molecule has 0 fully saturated rings. The number of rotatable bonds is 6. The molecule has 0 bridgehead atoms. The molecule has 0 aliphatic carbocycles. The van der Waals surface area contributed by atoms with Gasteiger partial charge in [0.15, 0.2) is 0 Å². The van der Waals surface area contributed by atoms with Crippen LogP contribution in [0.25, 0.3) is 0 Å². The van der Waals surface area contributed by atoms with Crippen LogP contribution >= 0.6 is 0 Å². The Bertz CT molecular complexity index is 117. The molecule has 4 nitrogen and oxygen atoms in total. The molecule has 0 aromatic carbocycles. The van der Waals surface area contributed by atoms with Crippen molar-refractivity contribution in [2.24, 2.45) is 0 Å². The van der Waals surface area contributed by atoms with Crippen molar-refractivity contribution < 1.29 is 15.0 Å². The van der Waals surface area contributed by atoms with E-state index in [0.717, 1.165) is 6.42 Å². The van der Waals surface area contributed by atoms with E-state index < -0.39 is 12.0 Å². The average Bonchev–Trinajstić information content (AvgIpc) is 1.97. The van der Waals surface area contributed by atoms with Crippen LogP contribution in [0.5, 0.6) is 0 Å². The number of nitrogens with one attached hydrogen (secondary N) is 1. The summed E-state index contributed by atoms with van der Waals surface area (Å²) < 4.78 is 0. The monoisotopic (exact) mass is 177 g/mol. The summed E-state index contributed by atoms with van der Waals surface area (Å²) in [5, 5.41) is 19.8. The van der Waals surface area contributed by atoms with Gasteiger partial charge in [-0.2, -0.15) is 0 Å². The van der Waals surface area contributed by atoms with Gasteiger partial charge < -0.3 is 15.5 Å². The molecule has 0 saturated heterocycles. The molecule has 1 atom stereocenters. The topological polar surface area (TPSA) is 69.6 Å². The molecule has 12 heavy (non-hydrogen) atoms. The molecule has 0 aliphatic heterocycles. The van der Waals surface area contributed by atoms with Crippen molar-refractivity contribution in [2.75, 3.05) is 13.2 Å². The second kappa shape index (κ2) is 8.49. The Labute approximate surface area is 73.6 Å². The molecule has 74 valence electrons. The first kappa shape index (κ1) is 13.9. The smallest absolute Gasteiger partial charge is 0.320 e. The quantitative estimate of drug-likeness (QED) is 0.551. The van der Waals surface area contributed by atoms with Crippen LogP contribution < -0.4 is 5.32 Å². The van der Waals surface area contributed by atoms with Crippen molar-refractivity contribution in [1.29, 1.82) is 0 Å². The van der Waals surface area contributed by atoms with Crippen LogP contribution in [0.2, 0.25) is 0 Å². The van der Waals surface area contributed by atoms with Crippen LogP contribution in [0.3, 0.4) is 0 Å². The standard InChI is InChI=1S/C7H15NO3.CH4/c1-2-4-8-6(3-5-9)7(10)11;/h6,8-9H,2-5H2,1H3,(H,10,11);1H4/t6-;/m0./s1. The van der Waals surface area contributed by atoms with Gasteiger partial charge in [0, 0.05) is 6.61 Å². The molecule has 0 aromatic rings. The lowest BCUT2D eigenvalue weighted by molar-refractivity contribution is -0.139. The molecule has 3 N–H and O–H groups in total. The predicted octanol–water partition coefficient (Wildman–Crippen LogP) is 0.458. The molecular weight excluding hydrogens is 158 g/mol. The van der Waals surface area contributed by atoms with Gasteiger partial charge in [0.1, 0.15) is 6.04 Å². The van der Waals surface area contributed by atoms with E-state index in [0.29, 0.717) is 6.54 Å². The fraction of sp³-hybridized carbons (Fsp3) is 0.875. The van der Waals surface area contributed by atoms with E-state index in [2.05, 4.69) is 5.32 Å². The van der Waals surface area contributed by atoms with E-state index in [4.69, 9.17) is 10.2 Å². The molecule has 0 amide bonds. The summed E-state index contributed by atoms with van der Waals surface area (Å²) in [5.41, 5.74) is 0. The lowest BCUT2D eigenvalue weighted by Crippen LogP contribution is -2.37. The molecule has 0 unspecified atom stereocenters. The highest BCUT2D eigenvalue weighted by molar-refractivity contribution is 5.73. The Morgan fingerprint density at radius 1 is 1.58 bits per heavy atom. The van der Waals surface area contributed by atoms with Crippen molar-refractivity contribution in [1.82, 2.24) is 5.32 Å². The first-order valence-corrected chi connectivity index (χ1v) is 3.79. The summed E-state index contributed by atoms with van der Waals surface area (Å²) >= 11 is 0. The first-order chi connectivity index (χ1) is 5.22. The Morgan fingerprint density at radius 2 is 2.17 bits per heavy atom. The van der Waals surface area contributed by atoms with Gasteiger partial charge in [0.2, 0.25) is 0 Å². The fourth-order valence-corrected chi connectivity index (χ4v) is 0.761. The Kier molecular flexibility index (Phi) is 9.86. The number of aliphatic hydroxyl groups excluding tert-OH is 1. The molecule has 0 rings (SSSR count). The summed E-state index contributed by atoms with van der Waals surface area (Å²) in [6.07, 6.45) is 1.17. The van der Waals surface area contributed by atoms with Gasteiger partial charge in [-0.3, -0.25) is 4.79 Å². The van der Waals surface area contributed by atoms with E-state index in [1.165, 1.54) is 0 Å². The van der Waals surface area contributed by atoms with Crippen molar-refractivity contribution in [3.8, 4) is 0 Å². The minimum absolute atomic E-state index is 0. The molecule has 0 spiro atoms. The zero-order chi connectivity index (χ0) is 8.69. The minimum atomic E-state index is -0.896. The number of carbonyl (C=O) groups is 1.